The molecule has 0 atom stereocenters. The van der Waals surface area contributed by atoms with Crippen molar-refractivity contribution in [2.24, 2.45) is 0 Å². The summed E-state index contributed by atoms with van der Waals surface area (Å²) in [6.45, 7) is 6.59. The van der Waals surface area contributed by atoms with E-state index in [2.05, 4.69) is 92.8 Å². The number of benzene rings is 2. The Bertz CT molecular complexity index is 889. The van der Waals surface area contributed by atoms with Crippen molar-refractivity contribution in [3.05, 3.63) is 83.4 Å². The minimum Gasteiger partial charge on any atom is -0.272 e. The number of halogens is 2. The minimum atomic E-state index is -1.78. The van der Waals surface area contributed by atoms with Gasteiger partial charge in [-0.05, 0) is 6.42 Å². The first-order chi connectivity index (χ1) is 13.5. The normalized spacial score (nSPS) is 11.2. The molecular formula is C24H28Cl2HfSi-2. The van der Waals surface area contributed by atoms with E-state index >= 15 is 0 Å². The summed E-state index contributed by atoms with van der Waals surface area (Å²) in [7, 11) is 11.3. The summed E-state index contributed by atoms with van der Waals surface area (Å²) in [4.78, 5) is 0. The Morgan fingerprint density at radius 2 is 1.75 bits per heavy atom. The molecule has 0 heterocycles. The Morgan fingerprint density at radius 1 is 1.07 bits per heavy atom. The number of fused-ring (bicyclic) bond motifs is 2. The van der Waals surface area contributed by atoms with E-state index in [0.717, 1.165) is 6.42 Å². The number of rotatable bonds is 3. The van der Waals surface area contributed by atoms with E-state index in [1.165, 1.54) is 46.7 Å². The van der Waals surface area contributed by atoms with Crippen molar-refractivity contribution in [2.75, 3.05) is 0 Å². The molecule has 0 nitrogen and oxygen atoms in total. The Morgan fingerprint density at radius 3 is 2.39 bits per heavy atom. The van der Waals surface area contributed by atoms with Crippen molar-refractivity contribution in [1.29, 1.82) is 0 Å². The van der Waals surface area contributed by atoms with Crippen molar-refractivity contribution < 1.29 is 17.7 Å². The standard InChI is InChI=1S/C13H15.C9H7.C2H6Si.2ClH.Hf/c1-2-3-6-11-9-12-7-4-5-8-13(12)10-11;1-2-5-9-7-3-6-8(9)4-1;1-3-2;;;/h4-5,7-10H,2-3,6H2,1H3;1-2,4-6H,7H2;1-2H3;2*1H;/q2*-1;;;;+2/p-2. The topological polar surface area (TPSA) is 0 Å². The molecule has 3 aromatic carbocycles. The summed E-state index contributed by atoms with van der Waals surface area (Å²) in [5, 5.41) is 2.77. The van der Waals surface area contributed by atoms with Crippen LogP contribution in [0.3, 0.4) is 0 Å². The molecule has 3 aromatic rings. The molecule has 0 amide bonds. The molecule has 0 aromatic heterocycles. The summed E-state index contributed by atoms with van der Waals surface area (Å²) in [6.07, 6.45) is 10.0. The second-order valence-corrected chi connectivity index (χ2v) is 38.8. The molecule has 4 rings (SSSR count). The summed E-state index contributed by atoms with van der Waals surface area (Å²) < 4.78 is 0. The first kappa shape index (κ1) is 23.7. The van der Waals surface area contributed by atoms with Crippen molar-refractivity contribution >= 4 is 39.5 Å². The number of unbranched alkanes of at least 4 members (excludes halogenated alkanes) is 1. The monoisotopic (exact) mass is 594 g/mol. The van der Waals surface area contributed by atoms with E-state index in [1.807, 2.05) is 0 Å². The second-order valence-electron chi connectivity index (χ2n) is 7.08. The van der Waals surface area contributed by atoms with Gasteiger partial charge in [0, 0.05) is 0 Å². The molecule has 0 saturated carbocycles. The van der Waals surface area contributed by atoms with Crippen LogP contribution in [0, 0.1) is 6.08 Å². The molecule has 0 fully saturated rings. The maximum Gasteiger partial charge on any atom is -0.0650 e. The van der Waals surface area contributed by atoms with Crippen LogP contribution in [0.15, 0.2) is 60.7 Å². The van der Waals surface area contributed by atoms with Gasteiger partial charge in [-0.2, -0.15) is 11.6 Å². The summed E-state index contributed by atoms with van der Waals surface area (Å²) in [6, 6.07) is 21.6. The molecule has 4 heteroatoms. The van der Waals surface area contributed by atoms with Gasteiger partial charge in [-0.3, -0.25) is 6.08 Å². The van der Waals surface area contributed by atoms with Crippen molar-refractivity contribution in [3.8, 4) is 0 Å². The van der Waals surface area contributed by atoms with Gasteiger partial charge in [0.05, 0.1) is 0 Å². The van der Waals surface area contributed by atoms with Gasteiger partial charge in [0.25, 0.3) is 0 Å². The molecule has 1 aliphatic carbocycles. The Balaban J connectivity index is 0.000000163. The number of hydrogen-bond donors (Lipinski definition) is 0. The van der Waals surface area contributed by atoms with Crippen LogP contribution in [-0.4, -0.2) is 5.49 Å². The summed E-state index contributed by atoms with van der Waals surface area (Å²) >= 11 is -1.78. The fraction of sp³-hybridized carbons (Fsp3) is 0.292. The van der Waals surface area contributed by atoms with Crippen molar-refractivity contribution in [3.63, 3.8) is 0 Å². The Hall–Kier alpha value is -0.543. The smallest absolute Gasteiger partial charge is 0.0650 e. The fourth-order valence-corrected chi connectivity index (χ4v) is 2.85. The third-order valence-electron chi connectivity index (χ3n) is 4.48. The summed E-state index contributed by atoms with van der Waals surface area (Å²) in [5.41, 5.74) is 4.01. The number of allylic oxidation sites excluding steroid dienone is 1. The van der Waals surface area contributed by atoms with Crippen LogP contribution in [-0.2, 0) is 30.5 Å². The first-order valence-electron chi connectivity index (χ1n) is 9.78. The third-order valence-corrected chi connectivity index (χ3v) is 31.9. The average Bonchev–Trinajstić information content (AvgIpc) is 3.33. The minimum absolute atomic E-state index is 0.208. The molecule has 148 valence electrons. The fourth-order valence-electron chi connectivity index (χ4n) is 2.85. The molecule has 28 heavy (non-hydrogen) atoms. The molecule has 0 N–H and O–H groups in total. The second kappa shape index (κ2) is 12.9. The van der Waals surface area contributed by atoms with E-state index in [1.54, 1.807) is 0 Å². The molecule has 0 unspecified atom stereocenters. The SMILES string of the molecule is CCCCc1cc2ccccc2[cH-]1.C[Si](C)=[Hf]([Cl])[Cl].[C-]1=Cc2ccccc2C1. The van der Waals surface area contributed by atoms with Gasteiger partial charge in [-0.25, -0.2) is 6.08 Å². The largest absolute Gasteiger partial charge is 0.272 e. The molecule has 0 radical (unpaired) electrons. The predicted octanol–water partition coefficient (Wildman–Crippen LogP) is 8.12. The van der Waals surface area contributed by atoms with E-state index in [4.69, 9.17) is 17.2 Å². The molecule has 0 saturated heterocycles. The number of aryl methyl sites for hydroxylation is 1. The van der Waals surface area contributed by atoms with Gasteiger partial charge in [0.15, 0.2) is 0 Å². The maximum absolute atomic E-state index is 5.64. The average molecular weight is 594 g/mol. The zero-order valence-electron chi connectivity index (χ0n) is 16.9. The molecule has 0 aliphatic heterocycles. The molecule has 1 aliphatic rings. The van der Waals surface area contributed by atoms with Crippen LogP contribution < -0.4 is 0 Å². The number of hydrogen-bond acceptors (Lipinski definition) is 0. The zero-order valence-corrected chi connectivity index (χ0v) is 23.0. The summed E-state index contributed by atoms with van der Waals surface area (Å²) in [5.74, 6) is 0. The van der Waals surface area contributed by atoms with Crippen LogP contribution in [0.25, 0.3) is 16.8 Å². The van der Waals surface area contributed by atoms with Crippen molar-refractivity contribution in [2.45, 2.75) is 45.7 Å². The van der Waals surface area contributed by atoms with E-state index in [0.29, 0.717) is 0 Å². The van der Waals surface area contributed by atoms with Gasteiger partial charge in [-0.15, -0.1) is 58.7 Å². The van der Waals surface area contributed by atoms with Gasteiger partial charge in [0.1, 0.15) is 0 Å². The maximum atomic E-state index is 5.64. The Labute approximate surface area is 185 Å². The van der Waals surface area contributed by atoms with Gasteiger partial charge >= 0.3 is 53.4 Å². The van der Waals surface area contributed by atoms with Gasteiger partial charge < -0.3 is 0 Å². The van der Waals surface area contributed by atoms with Crippen LogP contribution in [0.5, 0.6) is 0 Å². The quantitative estimate of drug-likeness (QED) is 0.213. The third kappa shape index (κ3) is 8.06. The Kier molecular flexibility index (Phi) is 10.9. The van der Waals surface area contributed by atoms with Crippen LogP contribution in [0.4, 0.5) is 0 Å². The van der Waals surface area contributed by atoms with Crippen LogP contribution in [0.1, 0.15) is 36.5 Å². The molecular weight excluding hydrogens is 566 g/mol. The first-order valence-corrected chi connectivity index (χ1v) is 26.6. The van der Waals surface area contributed by atoms with Crippen LogP contribution in [0.2, 0.25) is 13.1 Å². The zero-order chi connectivity index (χ0) is 20.4. The van der Waals surface area contributed by atoms with Crippen molar-refractivity contribution in [1.82, 2.24) is 0 Å². The van der Waals surface area contributed by atoms with E-state index in [9.17, 15) is 0 Å². The van der Waals surface area contributed by atoms with Gasteiger partial charge in [0.2, 0.25) is 0 Å². The van der Waals surface area contributed by atoms with Gasteiger partial charge in [-0.1, -0.05) is 44.0 Å². The van der Waals surface area contributed by atoms with E-state index < -0.39 is 17.7 Å². The van der Waals surface area contributed by atoms with E-state index in [-0.39, 0.29) is 5.49 Å². The predicted molar refractivity (Wildman–Crippen MR) is 125 cm³/mol. The molecule has 0 spiro atoms. The molecule has 0 bridgehead atoms. The van der Waals surface area contributed by atoms with Crippen LogP contribution >= 0.6 is 17.2 Å².